The number of anilines is 1. The Labute approximate surface area is 299 Å². The Hall–Kier alpha value is -5.44. The van der Waals surface area contributed by atoms with Gasteiger partial charge in [0, 0.05) is 36.9 Å². The Morgan fingerprint density at radius 1 is 1.04 bits per heavy atom. The predicted molar refractivity (Wildman–Crippen MR) is 188 cm³/mol. The van der Waals surface area contributed by atoms with Gasteiger partial charge in [0.25, 0.3) is 10.0 Å². The number of nitrogens with zero attached hydrogens (tertiary/aromatic N) is 4. The van der Waals surface area contributed by atoms with E-state index in [9.17, 15) is 22.4 Å². The molecule has 15 heteroatoms. The van der Waals surface area contributed by atoms with Crippen molar-refractivity contribution < 1.29 is 40.6 Å². The third-order valence-corrected chi connectivity index (χ3v) is 10.6. The van der Waals surface area contributed by atoms with Gasteiger partial charge in [0.1, 0.15) is 33.6 Å². The minimum Gasteiger partial charge on any atom is -0.497 e. The molecule has 0 N–H and O–H groups in total. The Kier molecular flexibility index (Phi) is 9.75. The molecule has 0 saturated heterocycles. The van der Waals surface area contributed by atoms with E-state index in [1.54, 1.807) is 50.8 Å². The fraction of sp³-hybridized carbons (Fsp3) is 0.324. The van der Waals surface area contributed by atoms with Crippen LogP contribution in [0.4, 0.5) is 19.4 Å². The second kappa shape index (κ2) is 13.9. The van der Waals surface area contributed by atoms with E-state index in [1.165, 1.54) is 30.9 Å². The third-order valence-electron chi connectivity index (χ3n) is 8.80. The number of rotatable bonds is 9. The minimum absolute atomic E-state index is 0.0126. The number of sulfonamides is 1. The van der Waals surface area contributed by atoms with Crippen molar-refractivity contribution in [2.24, 2.45) is 0 Å². The van der Waals surface area contributed by atoms with Gasteiger partial charge in [0.05, 0.1) is 32.3 Å². The van der Waals surface area contributed by atoms with Crippen LogP contribution in [0.25, 0.3) is 11.1 Å². The number of ether oxygens (including phenoxy) is 3. The first-order valence-corrected chi connectivity index (χ1v) is 17.8. The van der Waals surface area contributed by atoms with Crippen LogP contribution in [0.5, 0.6) is 11.5 Å². The number of halogens is 2. The molecule has 0 saturated carbocycles. The van der Waals surface area contributed by atoms with Crippen LogP contribution in [0.2, 0.25) is 0 Å². The standard InChI is InChI=1S/C37H38F2N4O8S/c1-22(26-10-7-9-23-15-16-41(21-27(23)26)35(44)51-37(2,3)4)43-29-18-28(38)32(19-31(29)50-36(43)45)52(46,47)42(34-12-8-11-33(39)40-34)20-24-13-14-25(48-5)17-30(24)49-6/h7-14,17-19,22H,15-16,20-21H2,1-6H3. The second-order valence-corrected chi connectivity index (χ2v) is 15.1. The van der Waals surface area contributed by atoms with E-state index < -0.39 is 56.7 Å². The lowest BCUT2D eigenvalue weighted by Gasteiger charge is -2.33. The van der Waals surface area contributed by atoms with Gasteiger partial charge in [-0.05, 0) is 75.1 Å². The van der Waals surface area contributed by atoms with E-state index in [-0.39, 0.29) is 29.2 Å². The van der Waals surface area contributed by atoms with Crippen LogP contribution in [0, 0.1) is 11.8 Å². The van der Waals surface area contributed by atoms with Gasteiger partial charge in [-0.2, -0.15) is 4.39 Å². The zero-order valence-electron chi connectivity index (χ0n) is 29.5. The van der Waals surface area contributed by atoms with Crippen molar-refractivity contribution in [3.63, 3.8) is 0 Å². The number of benzene rings is 3. The molecule has 0 radical (unpaired) electrons. The third kappa shape index (κ3) is 7.04. The van der Waals surface area contributed by atoms with Crippen LogP contribution in [-0.2, 0) is 34.3 Å². The van der Waals surface area contributed by atoms with Gasteiger partial charge < -0.3 is 23.5 Å². The van der Waals surface area contributed by atoms with E-state index in [0.717, 1.165) is 33.6 Å². The number of pyridine rings is 1. The van der Waals surface area contributed by atoms with Crippen LogP contribution in [-0.4, -0.2) is 55.3 Å². The summed E-state index contributed by atoms with van der Waals surface area (Å²) in [6, 6.07) is 15.1. The van der Waals surface area contributed by atoms with E-state index >= 15 is 4.39 Å². The number of oxazole rings is 1. The highest BCUT2D eigenvalue weighted by molar-refractivity contribution is 7.92. The van der Waals surface area contributed by atoms with Gasteiger partial charge >= 0.3 is 11.8 Å². The average molecular weight is 737 g/mol. The molecule has 3 heterocycles. The normalized spacial score (nSPS) is 13.8. The van der Waals surface area contributed by atoms with Gasteiger partial charge in [0.15, 0.2) is 5.58 Å². The lowest BCUT2D eigenvalue weighted by atomic mass is 9.91. The van der Waals surface area contributed by atoms with Gasteiger partial charge in [-0.15, -0.1) is 0 Å². The SMILES string of the molecule is COc1ccc(CN(c2cccc(F)n2)S(=O)(=O)c2cc3oc(=O)n(C(C)c4cccc5c4CN(C(=O)OC(C)(C)C)CC5)c3cc2F)c(OC)c1. The summed E-state index contributed by atoms with van der Waals surface area (Å²) in [5.41, 5.74) is 2.00. The van der Waals surface area contributed by atoms with E-state index in [2.05, 4.69) is 4.98 Å². The van der Waals surface area contributed by atoms with Gasteiger partial charge in [0.2, 0.25) is 5.95 Å². The zero-order chi connectivity index (χ0) is 37.5. The first kappa shape index (κ1) is 36.4. The van der Waals surface area contributed by atoms with Crippen molar-refractivity contribution in [2.45, 2.75) is 63.7 Å². The number of fused-ring (bicyclic) bond motifs is 2. The number of hydrogen-bond donors (Lipinski definition) is 0. The summed E-state index contributed by atoms with van der Waals surface area (Å²) in [5.74, 6) is -2.59. The second-order valence-electron chi connectivity index (χ2n) is 13.3. The number of aromatic nitrogens is 2. The van der Waals surface area contributed by atoms with Crippen molar-refractivity contribution in [3.05, 3.63) is 111 Å². The molecule has 0 fully saturated rings. The molecular weight excluding hydrogens is 698 g/mol. The largest absolute Gasteiger partial charge is 0.497 e. The van der Waals surface area contributed by atoms with Crippen molar-refractivity contribution in [2.75, 3.05) is 25.1 Å². The van der Waals surface area contributed by atoms with E-state index in [1.807, 2.05) is 18.2 Å². The van der Waals surface area contributed by atoms with Crippen molar-refractivity contribution in [1.82, 2.24) is 14.5 Å². The molecule has 52 heavy (non-hydrogen) atoms. The van der Waals surface area contributed by atoms with Crippen LogP contribution in [0.1, 0.15) is 56.0 Å². The average Bonchev–Trinajstić information content (AvgIpc) is 3.42. The lowest BCUT2D eigenvalue weighted by Crippen LogP contribution is -2.40. The monoisotopic (exact) mass is 736 g/mol. The smallest absolute Gasteiger partial charge is 0.420 e. The Morgan fingerprint density at radius 2 is 1.79 bits per heavy atom. The minimum atomic E-state index is -4.83. The highest BCUT2D eigenvalue weighted by atomic mass is 32.2. The summed E-state index contributed by atoms with van der Waals surface area (Å²) in [7, 11) is -1.98. The molecule has 0 bridgehead atoms. The zero-order valence-corrected chi connectivity index (χ0v) is 30.3. The highest BCUT2D eigenvalue weighted by Crippen LogP contribution is 2.35. The van der Waals surface area contributed by atoms with Gasteiger partial charge in [-0.1, -0.05) is 24.3 Å². The van der Waals surface area contributed by atoms with Crippen LogP contribution in [0.15, 0.2) is 80.8 Å². The molecule has 6 rings (SSSR count). The molecule has 3 aromatic carbocycles. The summed E-state index contributed by atoms with van der Waals surface area (Å²) in [4.78, 5) is 30.9. The summed E-state index contributed by atoms with van der Waals surface area (Å²) in [5, 5.41) is 0. The lowest BCUT2D eigenvalue weighted by molar-refractivity contribution is 0.0223. The Bertz CT molecular complexity index is 2330. The molecule has 1 atom stereocenters. The molecule has 1 aliphatic rings. The van der Waals surface area contributed by atoms with Crippen molar-refractivity contribution in [3.8, 4) is 11.5 Å². The summed E-state index contributed by atoms with van der Waals surface area (Å²) in [6.07, 6.45) is 0.0979. The fourth-order valence-electron chi connectivity index (χ4n) is 6.30. The maximum Gasteiger partial charge on any atom is 0.420 e. The van der Waals surface area contributed by atoms with Crippen molar-refractivity contribution >= 4 is 33.0 Å². The topological polar surface area (TPSA) is 133 Å². The fourth-order valence-corrected chi connectivity index (χ4v) is 7.76. The molecule has 274 valence electrons. The summed E-state index contributed by atoms with van der Waals surface area (Å²) < 4.78 is 83.0. The Morgan fingerprint density at radius 3 is 2.48 bits per heavy atom. The quantitative estimate of drug-likeness (QED) is 0.154. The van der Waals surface area contributed by atoms with Crippen molar-refractivity contribution in [1.29, 1.82) is 0 Å². The number of carbonyl (C=O) groups is 1. The molecule has 0 aliphatic carbocycles. The van der Waals surface area contributed by atoms with E-state index in [4.69, 9.17) is 18.6 Å². The number of hydrogen-bond acceptors (Lipinski definition) is 9. The molecule has 2 aromatic heterocycles. The molecule has 5 aromatic rings. The summed E-state index contributed by atoms with van der Waals surface area (Å²) >= 11 is 0. The van der Waals surface area contributed by atoms with Crippen LogP contribution < -0.4 is 19.5 Å². The van der Waals surface area contributed by atoms with E-state index in [0.29, 0.717) is 29.8 Å². The van der Waals surface area contributed by atoms with Crippen LogP contribution >= 0.6 is 0 Å². The maximum atomic E-state index is 16.2. The Balaban J connectivity index is 1.40. The van der Waals surface area contributed by atoms with Gasteiger partial charge in [-0.25, -0.2) is 31.7 Å². The van der Waals surface area contributed by atoms with Crippen LogP contribution in [0.3, 0.4) is 0 Å². The predicted octanol–water partition coefficient (Wildman–Crippen LogP) is 6.58. The maximum absolute atomic E-state index is 16.2. The molecule has 1 aliphatic heterocycles. The molecular formula is C37H38F2N4O8S. The first-order valence-electron chi connectivity index (χ1n) is 16.4. The molecule has 1 amide bonds. The first-order chi connectivity index (χ1) is 24.6. The number of methoxy groups -OCH3 is 2. The molecule has 1 unspecified atom stereocenters. The number of carbonyl (C=O) groups excluding carboxylic acids is 1. The number of amides is 1. The van der Waals surface area contributed by atoms with Gasteiger partial charge in [-0.3, -0.25) is 4.57 Å². The highest BCUT2D eigenvalue weighted by Gasteiger charge is 2.33. The molecule has 0 spiro atoms. The molecule has 12 nitrogen and oxygen atoms in total. The summed E-state index contributed by atoms with van der Waals surface area (Å²) in [6.45, 7) is 7.36.